The molecule has 2 aromatic rings. The number of nitrogens with zero attached hydrogens (tertiary/aromatic N) is 3. The Morgan fingerprint density at radius 2 is 2.19 bits per heavy atom. The van der Waals surface area contributed by atoms with Gasteiger partial charge in [-0.05, 0) is 55.3 Å². The van der Waals surface area contributed by atoms with Gasteiger partial charge in [0.05, 0.1) is 12.0 Å². The molecule has 1 atom stereocenters. The summed E-state index contributed by atoms with van der Waals surface area (Å²) in [6, 6.07) is 4.04. The van der Waals surface area contributed by atoms with Crippen LogP contribution in [0.25, 0.3) is 11.0 Å². The SMILES string of the molecule is CC(C#N)c1cn(C(=O)OC(C)(C)C)c2ncc(Br)cc12. The van der Waals surface area contributed by atoms with Crippen LogP contribution in [-0.2, 0) is 4.74 Å². The van der Waals surface area contributed by atoms with Crippen LogP contribution in [0.5, 0.6) is 0 Å². The first-order chi connectivity index (χ1) is 9.73. The lowest BCUT2D eigenvalue weighted by Crippen LogP contribution is -2.26. The number of carbonyl (C=O) groups is 1. The van der Waals surface area contributed by atoms with E-state index in [0.717, 1.165) is 15.4 Å². The first-order valence-corrected chi connectivity index (χ1v) is 7.31. The van der Waals surface area contributed by atoms with Crippen LogP contribution in [-0.4, -0.2) is 21.2 Å². The van der Waals surface area contributed by atoms with Gasteiger partial charge in [0, 0.05) is 22.3 Å². The van der Waals surface area contributed by atoms with Crippen LogP contribution < -0.4 is 0 Å². The Balaban J connectivity index is 2.60. The van der Waals surface area contributed by atoms with Crippen LogP contribution in [0, 0.1) is 11.3 Å². The summed E-state index contributed by atoms with van der Waals surface area (Å²) in [4.78, 5) is 16.6. The van der Waals surface area contributed by atoms with Crippen LogP contribution in [0.15, 0.2) is 22.9 Å². The molecule has 0 spiro atoms. The molecule has 0 aliphatic carbocycles. The van der Waals surface area contributed by atoms with Gasteiger partial charge in [0.15, 0.2) is 0 Å². The summed E-state index contributed by atoms with van der Waals surface area (Å²) in [5.74, 6) is -0.340. The number of rotatable bonds is 1. The van der Waals surface area contributed by atoms with Crippen molar-refractivity contribution in [2.75, 3.05) is 0 Å². The summed E-state index contributed by atoms with van der Waals surface area (Å²) >= 11 is 3.36. The fraction of sp³-hybridized carbons (Fsp3) is 0.400. The van der Waals surface area contributed by atoms with Crippen LogP contribution >= 0.6 is 15.9 Å². The Hall–Kier alpha value is -1.87. The summed E-state index contributed by atoms with van der Waals surface area (Å²) in [6.07, 6.45) is 2.74. The topological polar surface area (TPSA) is 67.9 Å². The minimum Gasteiger partial charge on any atom is -0.443 e. The summed E-state index contributed by atoms with van der Waals surface area (Å²) in [5.41, 5.74) is 0.654. The molecule has 6 heteroatoms. The largest absolute Gasteiger partial charge is 0.443 e. The molecule has 0 aliphatic rings. The highest BCUT2D eigenvalue weighted by Gasteiger charge is 2.23. The number of nitriles is 1. The highest BCUT2D eigenvalue weighted by molar-refractivity contribution is 9.10. The van der Waals surface area contributed by atoms with Crippen molar-refractivity contribution in [3.63, 3.8) is 0 Å². The van der Waals surface area contributed by atoms with Crippen LogP contribution in [0.4, 0.5) is 4.79 Å². The number of hydrogen-bond acceptors (Lipinski definition) is 4. The highest BCUT2D eigenvalue weighted by atomic mass is 79.9. The molecule has 0 saturated carbocycles. The maximum absolute atomic E-state index is 12.3. The Labute approximate surface area is 131 Å². The predicted molar refractivity (Wildman–Crippen MR) is 83.1 cm³/mol. The molecule has 110 valence electrons. The van der Waals surface area contributed by atoms with Gasteiger partial charge in [-0.25, -0.2) is 14.3 Å². The highest BCUT2D eigenvalue weighted by Crippen LogP contribution is 2.29. The quantitative estimate of drug-likeness (QED) is 0.773. The van der Waals surface area contributed by atoms with Crippen molar-refractivity contribution < 1.29 is 9.53 Å². The maximum Gasteiger partial charge on any atom is 0.420 e. The van der Waals surface area contributed by atoms with E-state index in [1.165, 1.54) is 4.57 Å². The van der Waals surface area contributed by atoms with E-state index >= 15 is 0 Å². The molecule has 2 heterocycles. The third-order valence-electron chi connectivity index (χ3n) is 2.89. The van der Waals surface area contributed by atoms with Crippen molar-refractivity contribution >= 4 is 33.1 Å². The van der Waals surface area contributed by atoms with Gasteiger partial charge in [0.1, 0.15) is 11.2 Å². The molecule has 2 aromatic heterocycles. The fourth-order valence-electron chi connectivity index (χ4n) is 1.97. The van der Waals surface area contributed by atoms with Gasteiger partial charge >= 0.3 is 6.09 Å². The molecule has 0 aromatic carbocycles. The molecule has 0 amide bonds. The van der Waals surface area contributed by atoms with Gasteiger partial charge in [-0.3, -0.25) is 0 Å². The molecule has 0 saturated heterocycles. The van der Waals surface area contributed by atoms with Gasteiger partial charge in [0.25, 0.3) is 0 Å². The minimum absolute atomic E-state index is 0.340. The zero-order valence-corrected chi connectivity index (χ0v) is 13.9. The standard InChI is InChI=1S/C15H16BrN3O2/c1-9(6-17)12-8-19(14(20)21-15(2,3)4)13-11(12)5-10(16)7-18-13/h5,7-9H,1-4H3. The number of fused-ring (bicyclic) bond motifs is 1. The second-order valence-corrected chi connectivity index (χ2v) is 6.73. The molecule has 5 nitrogen and oxygen atoms in total. The van der Waals surface area contributed by atoms with Crippen molar-refractivity contribution in [3.8, 4) is 6.07 Å². The zero-order valence-electron chi connectivity index (χ0n) is 12.3. The molecule has 0 N–H and O–H groups in total. The summed E-state index contributed by atoms with van der Waals surface area (Å²) in [6.45, 7) is 7.20. The predicted octanol–water partition coefficient (Wildman–Crippen LogP) is 4.21. The Kier molecular flexibility index (Phi) is 4.06. The summed E-state index contributed by atoms with van der Waals surface area (Å²) in [7, 11) is 0. The molecular weight excluding hydrogens is 334 g/mol. The van der Waals surface area contributed by atoms with Crippen LogP contribution in [0.3, 0.4) is 0 Å². The molecule has 2 rings (SSSR count). The van der Waals surface area contributed by atoms with Gasteiger partial charge in [-0.2, -0.15) is 5.26 Å². The minimum atomic E-state index is -0.593. The number of halogens is 1. The van der Waals surface area contributed by atoms with E-state index in [1.807, 2.05) is 6.07 Å². The summed E-state index contributed by atoms with van der Waals surface area (Å²) in [5, 5.41) is 9.91. The molecule has 1 unspecified atom stereocenters. The number of pyridine rings is 1. The van der Waals surface area contributed by atoms with Crippen LogP contribution in [0.2, 0.25) is 0 Å². The monoisotopic (exact) mass is 349 g/mol. The first kappa shape index (κ1) is 15.5. The van der Waals surface area contributed by atoms with E-state index in [2.05, 4.69) is 27.0 Å². The third-order valence-corrected chi connectivity index (χ3v) is 3.32. The van der Waals surface area contributed by atoms with E-state index in [4.69, 9.17) is 10.00 Å². The molecular formula is C15H16BrN3O2. The first-order valence-electron chi connectivity index (χ1n) is 6.52. The molecule has 21 heavy (non-hydrogen) atoms. The van der Waals surface area contributed by atoms with Gasteiger partial charge in [-0.1, -0.05) is 0 Å². The molecule has 0 radical (unpaired) electrons. The van der Waals surface area contributed by atoms with E-state index in [-0.39, 0.29) is 5.92 Å². The van der Waals surface area contributed by atoms with Crippen molar-refractivity contribution in [2.24, 2.45) is 0 Å². The van der Waals surface area contributed by atoms with E-state index in [1.54, 1.807) is 40.1 Å². The van der Waals surface area contributed by atoms with Crippen molar-refractivity contribution in [1.29, 1.82) is 5.26 Å². The lowest BCUT2D eigenvalue weighted by atomic mass is 10.0. The molecule has 0 fully saturated rings. The Bertz CT molecular complexity index is 738. The lowest BCUT2D eigenvalue weighted by Gasteiger charge is -2.19. The van der Waals surface area contributed by atoms with E-state index in [0.29, 0.717) is 5.65 Å². The van der Waals surface area contributed by atoms with Gasteiger partial charge < -0.3 is 4.74 Å². The average molecular weight is 350 g/mol. The smallest absolute Gasteiger partial charge is 0.420 e. The van der Waals surface area contributed by atoms with Crippen molar-refractivity contribution in [1.82, 2.24) is 9.55 Å². The fourth-order valence-corrected chi connectivity index (χ4v) is 2.30. The number of hydrogen-bond donors (Lipinski definition) is 0. The number of carbonyl (C=O) groups excluding carboxylic acids is 1. The van der Waals surface area contributed by atoms with Crippen LogP contribution in [0.1, 0.15) is 39.2 Å². The Morgan fingerprint density at radius 1 is 1.52 bits per heavy atom. The zero-order chi connectivity index (χ0) is 15.8. The number of aromatic nitrogens is 2. The van der Waals surface area contributed by atoms with E-state index < -0.39 is 11.7 Å². The second kappa shape index (κ2) is 5.49. The van der Waals surface area contributed by atoms with Gasteiger partial charge in [-0.15, -0.1) is 0 Å². The van der Waals surface area contributed by atoms with Crippen molar-refractivity contribution in [3.05, 3.63) is 28.5 Å². The third kappa shape index (κ3) is 3.24. The lowest BCUT2D eigenvalue weighted by molar-refractivity contribution is 0.0543. The van der Waals surface area contributed by atoms with Crippen molar-refractivity contribution in [2.45, 2.75) is 39.2 Å². The normalized spacial score (nSPS) is 13.0. The average Bonchev–Trinajstić information content (AvgIpc) is 2.74. The molecule has 0 aliphatic heterocycles. The number of ether oxygens (including phenoxy) is 1. The second-order valence-electron chi connectivity index (χ2n) is 5.81. The molecule has 0 bridgehead atoms. The maximum atomic E-state index is 12.3. The Morgan fingerprint density at radius 3 is 2.76 bits per heavy atom. The van der Waals surface area contributed by atoms with Gasteiger partial charge in [0.2, 0.25) is 0 Å². The van der Waals surface area contributed by atoms with E-state index in [9.17, 15) is 4.79 Å². The summed E-state index contributed by atoms with van der Waals surface area (Å²) < 4.78 is 7.53.